The molecule has 1 aliphatic rings. The third kappa shape index (κ3) is 3.05. The van der Waals surface area contributed by atoms with E-state index in [-0.39, 0.29) is 5.82 Å². The molecule has 2 heteroatoms. The maximum atomic E-state index is 12.7. The van der Waals surface area contributed by atoms with Gasteiger partial charge in [-0.15, -0.1) is 0 Å². The van der Waals surface area contributed by atoms with Gasteiger partial charge in [-0.3, -0.25) is 0 Å². The largest absolute Gasteiger partial charge is 0.330 e. The molecule has 1 radical (unpaired) electrons. The van der Waals surface area contributed by atoms with Crippen LogP contribution < -0.4 is 5.73 Å². The molecule has 16 heavy (non-hydrogen) atoms. The van der Waals surface area contributed by atoms with Gasteiger partial charge in [-0.05, 0) is 68.2 Å². The molecule has 0 spiro atoms. The first-order chi connectivity index (χ1) is 7.78. The van der Waals surface area contributed by atoms with Crippen LogP contribution in [0.15, 0.2) is 24.3 Å². The van der Waals surface area contributed by atoms with Crippen molar-refractivity contribution in [3.05, 3.63) is 42.1 Å². The second-order valence-corrected chi connectivity index (χ2v) is 4.73. The van der Waals surface area contributed by atoms with Gasteiger partial charge in [-0.1, -0.05) is 12.1 Å². The van der Waals surface area contributed by atoms with Crippen LogP contribution in [0, 0.1) is 24.1 Å². The molecule has 1 fully saturated rings. The topological polar surface area (TPSA) is 26.0 Å². The number of hydrogen-bond acceptors (Lipinski definition) is 1. The van der Waals surface area contributed by atoms with Gasteiger partial charge in [-0.25, -0.2) is 4.39 Å². The standard InChI is InChI=1S/C14H19FN/c15-14-7-5-12(6-8-14)9-11-1-3-13(10-16)4-2-11/h5-9,11,13H,1-4,10,16H2. The lowest BCUT2D eigenvalue weighted by Gasteiger charge is -2.27. The number of benzene rings is 1. The summed E-state index contributed by atoms with van der Waals surface area (Å²) in [6.45, 7) is 0.823. The molecule has 1 nitrogen and oxygen atoms in total. The summed E-state index contributed by atoms with van der Waals surface area (Å²) in [4.78, 5) is 0. The van der Waals surface area contributed by atoms with Crippen molar-refractivity contribution in [2.75, 3.05) is 6.54 Å². The lowest BCUT2D eigenvalue weighted by molar-refractivity contribution is 0.307. The van der Waals surface area contributed by atoms with Gasteiger partial charge in [0.15, 0.2) is 0 Å². The zero-order valence-corrected chi connectivity index (χ0v) is 9.53. The van der Waals surface area contributed by atoms with E-state index in [0.29, 0.717) is 5.92 Å². The molecule has 0 bridgehead atoms. The van der Waals surface area contributed by atoms with Crippen molar-refractivity contribution in [1.82, 2.24) is 0 Å². The summed E-state index contributed by atoms with van der Waals surface area (Å²) >= 11 is 0. The van der Waals surface area contributed by atoms with E-state index in [2.05, 4.69) is 6.42 Å². The van der Waals surface area contributed by atoms with E-state index >= 15 is 0 Å². The lowest BCUT2D eigenvalue weighted by Crippen LogP contribution is -2.21. The zero-order chi connectivity index (χ0) is 11.4. The normalized spacial score (nSPS) is 25.6. The first-order valence-electron chi connectivity index (χ1n) is 6.08. The van der Waals surface area contributed by atoms with Crippen LogP contribution in [-0.4, -0.2) is 6.54 Å². The molecule has 1 aliphatic carbocycles. The van der Waals surface area contributed by atoms with E-state index in [9.17, 15) is 4.39 Å². The molecule has 0 amide bonds. The zero-order valence-electron chi connectivity index (χ0n) is 9.53. The summed E-state index contributed by atoms with van der Waals surface area (Å²) in [5.41, 5.74) is 6.80. The lowest BCUT2D eigenvalue weighted by atomic mass is 9.79. The van der Waals surface area contributed by atoms with Crippen molar-refractivity contribution in [3.8, 4) is 0 Å². The predicted molar refractivity (Wildman–Crippen MR) is 64.3 cm³/mol. The Morgan fingerprint density at radius 3 is 2.31 bits per heavy atom. The fourth-order valence-corrected chi connectivity index (χ4v) is 2.44. The Morgan fingerprint density at radius 2 is 1.75 bits per heavy atom. The molecule has 2 N–H and O–H groups in total. The van der Waals surface area contributed by atoms with Gasteiger partial charge in [0.05, 0.1) is 0 Å². The first kappa shape index (κ1) is 11.6. The quantitative estimate of drug-likeness (QED) is 0.832. The van der Waals surface area contributed by atoms with Gasteiger partial charge in [0, 0.05) is 0 Å². The average Bonchev–Trinajstić information content (AvgIpc) is 2.33. The number of nitrogens with two attached hydrogens (primary N) is 1. The molecular formula is C14H19FN. The third-order valence-corrected chi connectivity index (χ3v) is 3.52. The van der Waals surface area contributed by atoms with Crippen LogP contribution in [0.3, 0.4) is 0 Å². The van der Waals surface area contributed by atoms with Crippen LogP contribution in [0.2, 0.25) is 0 Å². The highest BCUT2D eigenvalue weighted by atomic mass is 19.1. The van der Waals surface area contributed by atoms with E-state index in [1.165, 1.54) is 37.8 Å². The van der Waals surface area contributed by atoms with Crippen LogP contribution in [0.25, 0.3) is 0 Å². The molecule has 0 heterocycles. The molecule has 1 aromatic carbocycles. The van der Waals surface area contributed by atoms with Gasteiger partial charge in [-0.2, -0.15) is 0 Å². The summed E-state index contributed by atoms with van der Waals surface area (Å²) in [7, 11) is 0. The minimum Gasteiger partial charge on any atom is -0.330 e. The molecule has 2 rings (SSSR count). The summed E-state index contributed by atoms with van der Waals surface area (Å²) < 4.78 is 12.7. The molecule has 0 atom stereocenters. The van der Waals surface area contributed by atoms with Gasteiger partial charge < -0.3 is 5.73 Å². The van der Waals surface area contributed by atoms with Crippen LogP contribution >= 0.6 is 0 Å². The summed E-state index contributed by atoms with van der Waals surface area (Å²) in [6.07, 6.45) is 7.18. The highest BCUT2D eigenvalue weighted by Gasteiger charge is 2.20. The number of halogens is 1. The Bertz CT molecular complexity index is 312. The summed E-state index contributed by atoms with van der Waals surface area (Å²) in [5, 5.41) is 0. The van der Waals surface area contributed by atoms with E-state index < -0.39 is 0 Å². The molecule has 0 unspecified atom stereocenters. The van der Waals surface area contributed by atoms with Crippen molar-refractivity contribution in [3.63, 3.8) is 0 Å². The first-order valence-corrected chi connectivity index (χ1v) is 6.08. The summed E-state index contributed by atoms with van der Waals surface area (Å²) in [6, 6.07) is 6.75. The molecule has 1 aromatic rings. The van der Waals surface area contributed by atoms with Crippen molar-refractivity contribution in [2.45, 2.75) is 25.7 Å². The fourth-order valence-electron chi connectivity index (χ4n) is 2.44. The van der Waals surface area contributed by atoms with Crippen molar-refractivity contribution in [2.24, 2.45) is 17.6 Å². The Kier molecular flexibility index (Phi) is 3.94. The van der Waals surface area contributed by atoms with Crippen LogP contribution in [0.1, 0.15) is 31.2 Å². The van der Waals surface area contributed by atoms with E-state index in [1.54, 1.807) is 0 Å². The van der Waals surface area contributed by atoms with Crippen LogP contribution in [0.4, 0.5) is 4.39 Å². The summed E-state index contributed by atoms with van der Waals surface area (Å²) in [5.74, 6) is 1.20. The Morgan fingerprint density at radius 1 is 1.12 bits per heavy atom. The Labute approximate surface area is 96.9 Å². The minimum atomic E-state index is -0.163. The smallest absolute Gasteiger partial charge is 0.123 e. The van der Waals surface area contributed by atoms with Crippen LogP contribution in [0.5, 0.6) is 0 Å². The minimum absolute atomic E-state index is 0.163. The van der Waals surface area contributed by atoms with Gasteiger partial charge in [0.2, 0.25) is 0 Å². The molecule has 0 aliphatic heterocycles. The second-order valence-electron chi connectivity index (χ2n) is 4.73. The second kappa shape index (κ2) is 5.44. The molecule has 87 valence electrons. The van der Waals surface area contributed by atoms with Gasteiger partial charge in [0.1, 0.15) is 5.82 Å². The van der Waals surface area contributed by atoms with Crippen molar-refractivity contribution >= 4 is 0 Å². The molecular weight excluding hydrogens is 201 g/mol. The maximum Gasteiger partial charge on any atom is 0.123 e. The van der Waals surface area contributed by atoms with Gasteiger partial charge in [0.25, 0.3) is 0 Å². The molecule has 0 aromatic heterocycles. The Balaban J connectivity index is 1.84. The van der Waals surface area contributed by atoms with Crippen LogP contribution in [-0.2, 0) is 0 Å². The van der Waals surface area contributed by atoms with E-state index in [1.807, 2.05) is 12.1 Å². The number of rotatable bonds is 3. The predicted octanol–water partition coefficient (Wildman–Crippen LogP) is 3.14. The van der Waals surface area contributed by atoms with Crippen molar-refractivity contribution < 1.29 is 4.39 Å². The number of hydrogen-bond donors (Lipinski definition) is 1. The highest BCUT2D eigenvalue weighted by Crippen LogP contribution is 2.31. The SMILES string of the molecule is NCC1CCC([CH]c2ccc(F)cc2)CC1. The Hall–Kier alpha value is -0.890. The molecule has 1 saturated carbocycles. The average molecular weight is 220 g/mol. The van der Waals surface area contributed by atoms with E-state index in [0.717, 1.165) is 18.0 Å². The monoisotopic (exact) mass is 220 g/mol. The third-order valence-electron chi connectivity index (χ3n) is 3.52. The van der Waals surface area contributed by atoms with E-state index in [4.69, 9.17) is 5.73 Å². The van der Waals surface area contributed by atoms with Gasteiger partial charge >= 0.3 is 0 Å². The fraction of sp³-hybridized carbons (Fsp3) is 0.500. The van der Waals surface area contributed by atoms with Crippen molar-refractivity contribution in [1.29, 1.82) is 0 Å². The highest BCUT2D eigenvalue weighted by molar-refractivity contribution is 5.24. The maximum absolute atomic E-state index is 12.7. The molecule has 0 saturated heterocycles.